The summed E-state index contributed by atoms with van der Waals surface area (Å²) >= 11 is 0. The minimum Gasteiger partial charge on any atom is -0.378 e. The molecule has 1 aliphatic carbocycles. The number of rotatable bonds is 4. The van der Waals surface area contributed by atoms with Gasteiger partial charge in [0.15, 0.2) is 5.82 Å². The first-order chi connectivity index (χ1) is 12.7. The van der Waals surface area contributed by atoms with Gasteiger partial charge in [0.25, 0.3) is 0 Å². The smallest absolute Gasteiger partial charge is 0.224 e. The molecule has 6 heteroatoms. The molecule has 2 aromatic rings. The number of benzene rings is 1. The molecule has 2 heterocycles. The van der Waals surface area contributed by atoms with Gasteiger partial charge in [-0.15, -0.1) is 0 Å². The van der Waals surface area contributed by atoms with Crippen LogP contribution in [0.25, 0.3) is 10.9 Å². The van der Waals surface area contributed by atoms with Gasteiger partial charge in [0, 0.05) is 30.6 Å². The summed E-state index contributed by atoms with van der Waals surface area (Å²) in [4.78, 5) is 18.8. The normalized spacial score (nSPS) is 18.4. The highest BCUT2D eigenvalue weighted by atomic mass is 19.1. The van der Waals surface area contributed by atoms with E-state index in [0.29, 0.717) is 42.1 Å². The molecule has 0 radical (unpaired) electrons. The molecule has 1 amide bonds. The van der Waals surface area contributed by atoms with Crippen molar-refractivity contribution in [1.29, 1.82) is 0 Å². The molecule has 1 saturated heterocycles. The Hall–Kier alpha value is -2.21. The number of carbonyl (C=O) groups excluding carboxylic acids is 1. The Labute approximate surface area is 152 Å². The van der Waals surface area contributed by atoms with Crippen LogP contribution in [0.1, 0.15) is 32.1 Å². The minimum absolute atomic E-state index is 0.0338. The summed E-state index contributed by atoms with van der Waals surface area (Å²) < 4.78 is 19.9. The van der Waals surface area contributed by atoms with Gasteiger partial charge in [-0.2, -0.15) is 0 Å². The van der Waals surface area contributed by atoms with Crippen LogP contribution in [0.3, 0.4) is 0 Å². The van der Waals surface area contributed by atoms with E-state index in [1.54, 1.807) is 6.07 Å². The molecule has 2 aliphatic rings. The molecular weight excluding hydrogens is 333 g/mol. The Kier molecular flexibility index (Phi) is 5.02. The van der Waals surface area contributed by atoms with Gasteiger partial charge in [0.1, 0.15) is 11.3 Å². The number of nitrogens with one attached hydrogen (secondary N) is 1. The first kappa shape index (κ1) is 17.2. The molecule has 1 aromatic carbocycles. The van der Waals surface area contributed by atoms with E-state index in [1.165, 1.54) is 18.9 Å². The topological polar surface area (TPSA) is 54.5 Å². The van der Waals surface area contributed by atoms with Crippen LogP contribution >= 0.6 is 0 Å². The van der Waals surface area contributed by atoms with Crippen molar-refractivity contribution in [2.45, 2.75) is 32.1 Å². The van der Waals surface area contributed by atoms with Gasteiger partial charge >= 0.3 is 0 Å². The zero-order valence-corrected chi connectivity index (χ0v) is 14.8. The van der Waals surface area contributed by atoms with Gasteiger partial charge in [-0.25, -0.2) is 9.37 Å². The molecule has 1 aromatic heterocycles. The number of pyridine rings is 1. The summed E-state index contributed by atoms with van der Waals surface area (Å²) in [5.74, 6) is 0.790. The summed E-state index contributed by atoms with van der Waals surface area (Å²) in [5, 5.41) is 3.54. The highest BCUT2D eigenvalue weighted by Crippen LogP contribution is 2.29. The van der Waals surface area contributed by atoms with Crippen LogP contribution < -0.4 is 10.2 Å². The van der Waals surface area contributed by atoms with Crippen molar-refractivity contribution in [3.63, 3.8) is 0 Å². The maximum atomic E-state index is 14.6. The Morgan fingerprint density at radius 3 is 2.77 bits per heavy atom. The van der Waals surface area contributed by atoms with E-state index >= 15 is 0 Å². The van der Waals surface area contributed by atoms with Crippen molar-refractivity contribution in [3.05, 3.63) is 30.1 Å². The number of anilines is 2. The number of halogens is 1. The minimum atomic E-state index is -0.409. The van der Waals surface area contributed by atoms with E-state index in [1.807, 2.05) is 12.1 Å². The summed E-state index contributed by atoms with van der Waals surface area (Å²) in [5.41, 5.74) is 0.835. The van der Waals surface area contributed by atoms with E-state index in [2.05, 4.69) is 15.2 Å². The largest absolute Gasteiger partial charge is 0.378 e. The lowest BCUT2D eigenvalue weighted by molar-refractivity contribution is -0.117. The molecular formula is C20H24FN3O2. The number of hydrogen-bond donors (Lipinski definition) is 1. The number of carbonyl (C=O) groups is 1. The molecule has 0 bridgehead atoms. The van der Waals surface area contributed by atoms with Gasteiger partial charge in [-0.05, 0) is 43.0 Å². The van der Waals surface area contributed by atoms with Gasteiger partial charge in [0.2, 0.25) is 5.91 Å². The fourth-order valence-corrected chi connectivity index (χ4v) is 3.91. The lowest BCUT2D eigenvalue weighted by Gasteiger charge is -2.28. The van der Waals surface area contributed by atoms with Crippen LogP contribution in [0.2, 0.25) is 0 Å². The van der Waals surface area contributed by atoms with Crippen molar-refractivity contribution in [2.24, 2.45) is 5.92 Å². The van der Waals surface area contributed by atoms with Gasteiger partial charge < -0.3 is 15.0 Å². The maximum Gasteiger partial charge on any atom is 0.224 e. The van der Waals surface area contributed by atoms with Gasteiger partial charge in [-0.3, -0.25) is 4.79 Å². The number of ether oxygens (including phenoxy) is 1. The molecule has 1 aliphatic heterocycles. The van der Waals surface area contributed by atoms with E-state index in [4.69, 9.17) is 4.74 Å². The highest BCUT2D eigenvalue weighted by molar-refractivity contribution is 5.94. The van der Waals surface area contributed by atoms with E-state index in [-0.39, 0.29) is 5.91 Å². The summed E-state index contributed by atoms with van der Waals surface area (Å²) in [6.07, 6.45) is 5.18. The third-order valence-electron chi connectivity index (χ3n) is 5.30. The quantitative estimate of drug-likeness (QED) is 0.906. The molecule has 0 atom stereocenters. The van der Waals surface area contributed by atoms with E-state index in [9.17, 15) is 9.18 Å². The van der Waals surface area contributed by atoms with Crippen LogP contribution in [0.4, 0.5) is 15.9 Å². The highest BCUT2D eigenvalue weighted by Gasteiger charge is 2.19. The lowest BCUT2D eigenvalue weighted by atomic mass is 10.0. The fraction of sp³-hybridized carbons (Fsp3) is 0.500. The molecule has 1 saturated carbocycles. The van der Waals surface area contributed by atoms with Crippen molar-refractivity contribution < 1.29 is 13.9 Å². The molecule has 0 unspecified atom stereocenters. The van der Waals surface area contributed by atoms with E-state index < -0.39 is 5.82 Å². The molecule has 4 rings (SSSR count). The number of aromatic nitrogens is 1. The predicted molar refractivity (Wildman–Crippen MR) is 99.9 cm³/mol. The zero-order chi connectivity index (χ0) is 17.9. The summed E-state index contributed by atoms with van der Waals surface area (Å²) in [6, 6.07) is 6.92. The Balaban J connectivity index is 1.51. The number of nitrogens with zero attached hydrogens (tertiary/aromatic N) is 2. The van der Waals surface area contributed by atoms with Crippen LogP contribution in [0, 0.1) is 11.7 Å². The fourth-order valence-electron chi connectivity index (χ4n) is 3.91. The maximum absolute atomic E-state index is 14.6. The van der Waals surface area contributed by atoms with Crippen molar-refractivity contribution >= 4 is 28.3 Å². The second-order valence-corrected chi connectivity index (χ2v) is 7.20. The average Bonchev–Trinajstić information content (AvgIpc) is 3.15. The first-order valence-electron chi connectivity index (χ1n) is 9.42. The average molecular weight is 357 g/mol. The van der Waals surface area contributed by atoms with Crippen LogP contribution in [0.15, 0.2) is 24.3 Å². The van der Waals surface area contributed by atoms with Crippen molar-refractivity contribution in [2.75, 3.05) is 36.5 Å². The number of fused-ring (bicyclic) bond motifs is 1. The molecule has 1 N–H and O–H groups in total. The van der Waals surface area contributed by atoms with Crippen LogP contribution in [-0.2, 0) is 9.53 Å². The third kappa shape index (κ3) is 3.80. The zero-order valence-electron chi connectivity index (χ0n) is 14.8. The van der Waals surface area contributed by atoms with Crippen LogP contribution in [-0.4, -0.2) is 37.2 Å². The Morgan fingerprint density at radius 1 is 1.23 bits per heavy atom. The predicted octanol–water partition coefficient (Wildman–Crippen LogP) is 3.73. The molecule has 0 spiro atoms. The van der Waals surface area contributed by atoms with Crippen molar-refractivity contribution in [3.8, 4) is 0 Å². The SMILES string of the molecule is O=C(CC1CCCC1)Nc1cc(F)c2nc(N3CCOCC3)ccc2c1. The Bertz CT molecular complexity index is 799. The first-order valence-corrected chi connectivity index (χ1v) is 9.42. The third-order valence-corrected chi connectivity index (χ3v) is 5.30. The van der Waals surface area contributed by atoms with Crippen molar-refractivity contribution in [1.82, 2.24) is 4.98 Å². The number of hydrogen-bond acceptors (Lipinski definition) is 4. The van der Waals surface area contributed by atoms with Crippen LogP contribution in [0.5, 0.6) is 0 Å². The lowest BCUT2D eigenvalue weighted by Crippen LogP contribution is -2.36. The second-order valence-electron chi connectivity index (χ2n) is 7.20. The molecule has 5 nitrogen and oxygen atoms in total. The molecule has 26 heavy (non-hydrogen) atoms. The monoisotopic (exact) mass is 357 g/mol. The molecule has 138 valence electrons. The molecule has 2 fully saturated rings. The summed E-state index contributed by atoms with van der Waals surface area (Å²) in [6.45, 7) is 2.84. The van der Waals surface area contributed by atoms with Gasteiger partial charge in [-0.1, -0.05) is 12.8 Å². The second kappa shape index (κ2) is 7.58. The number of amides is 1. The van der Waals surface area contributed by atoms with Gasteiger partial charge in [0.05, 0.1) is 13.2 Å². The standard InChI is InChI=1S/C20H24FN3O2/c21-17-13-16(22-19(25)11-14-3-1-2-4-14)12-15-5-6-18(23-20(15)17)24-7-9-26-10-8-24/h5-6,12-14H,1-4,7-11H2,(H,22,25). The van der Waals surface area contributed by atoms with E-state index in [0.717, 1.165) is 31.7 Å². The Morgan fingerprint density at radius 2 is 2.00 bits per heavy atom. The number of morpholine rings is 1. The summed E-state index contributed by atoms with van der Waals surface area (Å²) in [7, 11) is 0.